The van der Waals surface area contributed by atoms with Gasteiger partial charge in [0.15, 0.2) is 0 Å². The summed E-state index contributed by atoms with van der Waals surface area (Å²) in [7, 11) is 1.88. The number of carbonyl (C=O) groups is 1. The highest BCUT2D eigenvalue weighted by Gasteiger charge is 2.22. The number of rotatable bonds is 5. The first-order valence-electron chi connectivity index (χ1n) is 7.91. The van der Waals surface area contributed by atoms with Crippen LogP contribution in [0.4, 0.5) is 0 Å². The van der Waals surface area contributed by atoms with Crippen molar-refractivity contribution in [1.82, 2.24) is 10.2 Å². The zero-order chi connectivity index (χ0) is 15.1. The van der Waals surface area contributed by atoms with Crippen LogP contribution in [0, 0.1) is 0 Å². The largest absolute Gasteiger partial charge is 0.494 e. The van der Waals surface area contributed by atoms with E-state index in [0.717, 1.165) is 30.7 Å². The minimum Gasteiger partial charge on any atom is -0.494 e. The summed E-state index contributed by atoms with van der Waals surface area (Å²) in [6.07, 6.45) is 4.48. The Labute approximate surface area is 127 Å². The van der Waals surface area contributed by atoms with Crippen LogP contribution in [-0.2, 0) is 11.3 Å². The van der Waals surface area contributed by atoms with Crippen molar-refractivity contribution in [3.8, 4) is 5.75 Å². The molecule has 1 fully saturated rings. The van der Waals surface area contributed by atoms with E-state index in [4.69, 9.17) is 4.74 Å². The molecule has 1 aromatic rings. The molecule has 1 N–H and O–H groups in total. The van der Waals surface area contributed by atoms with E-state index in [9.17, 15) is 4.79 Å². The highest BCUT2D eigenvalue weighted by Crippen LogP contribution is 2.15. The number of nitrogens with one attached hydrogen (secondary N) is 1. The van der Waals surface area contributed by atoms with Crippen LogP contribution >= 0.6 is 0 Å². The summed E-state index contributed by atoms with van der Waals surface area (Å²) >= 11 is 0. The molecule has 1 aliphatic rings. The predicted molar refractivity (Wildman–Crippen MR) is 84.3 cm³/mol. The van der Waals surface area contributed by atoms with Gasteiger partial charge in [-0.3, -0.25) is 4.79 Å². The van der Waals surface area contributed by atoms with Crippen LogP contribution in [0.2, 0.25) is 0 Å². The number of benzene rings is 1. The lowest BCUT2D eigenvalue weighted by atomic mass is 10.1. The lowest BCUT2D eigenvalue weighted by Crippen LogP contribution is -2.44. The summed E-state index contributed by atoms with van der Waals surface area (Å²) in [5.41, 5.74) is 1.13. The number of likely N-dealkylation sites (N-methyl/N-ethyl adjacent to an activating group) is 1. The van der Waals surface area contributed by atoms with E-state index in [1.165, 1.54) is 12.8 Å². The zero-order valence-electron chi connectivity index (χ0n) is 13.1. The fourth-order valence-corrected chi connectivity index (χ4v) is 2.71. The second kappa shape index (κ2) is 8.03. The van der Waals surface area contributed by atoms with E-state index in [1.807, 2.05) is 43.1 Å². The van der Waals surface area contributed by atoms with Crippen molar-refractivity contribution < 1.29 is 9.53 Å². The molecule has 1 aliphatic heterocycles. The van der Waals surface area contributed by atoms with E-state index in [2.05, 4.69) is 5.32 Å². The first kappa shape index (κ1) is 15.8. The summed E-state index contributed by atoms with van der Waals surface area (Å²) in [6.45, 7) is 4.24. The number of amides is 1. The molecule has 4 nitrogen and oxygen atoms in total. The first-order chi connectivity index (χ1) is 10.2. The second-order valence-electron chi connectivity index (χ2n) is 5.63. The first-order valence-corrected chi connectivity index (χ1v) is 7.91. The molecular weight excluding hydrogens is 264 g/mol. The Morgan fingerprint density at radius 1 is 1.29 bits per heavy atom. The molecule has 2 rings (SSSR count). The minimum absolute atomic E-state index is 0.0137. The van der Waals surface area contributed by atoms with Crippen LogP contribution < -0.4 is 10.1 Å². The topological polar surface area (TPSA) is 41.6 Å². The van der Waals surface area contributed by atoms with Gasteiger partial charge >= 0.3 is 0 Å². The van der Waals surface area contributed by atoms with E-state index < -0.39 is 0 Å². The molecule has 0 radical (unpaired) electrons. The van der Waals surface area contributed by atoms with Gasteiger partial charge in [0, 0.05) is 13.6 Å². The van der Waals surface area contributed by atoms with Gasteiger partial charge < -0.3 is 15.0 Å². The Morgan fingerprint density at radius 2 is 2.05 bits per heavy atom. The third-order valence-corrected chi connectivity index (χ3v) is 3.89. The Balaban J connectivity index is 1.90. The molecule has 1 unspecified atom stereocenters. The standard InChI is InChI=1S/C17H26N2O2/c1-3-21-15-10-8-14(9-11-15)13-19(2)17(20)16-7-5-4-6-12-18-16/h8-11,16,18H,3-7,12-13H2,1-2H3. The molecule has 0 aromatic heterocycles. The van der Waals surface area contributed by atoms with Gasteiger partial charge in [-0.1, -0.05) is 25.0 Å². The number of carbonyl (C=O) groups excluding carboxylic acids is 1. The van der Waals surface area contributed by atoms with Crippen LogP contribution in [0.25, 0.3) is 0 Å². The highest BCUT2D eigenvalue weighted by molar-refractivity contribution is 5.81. The maximum Gasteiger partial charge on any atom is 0.239 e. The van der Waals surface area contributed by atoms with Crippen molar-refractivity contribution in [3.05, 3.63) is 29.8 Å². The van der Waals surface area contributed by atoms with Gasteiger partial charge in [-0.2, -0.15) is 0 Å². The van der Waals surface area contributed by atoms with Gasteiger partial charge in [0.2, 0.25) is 5.91 Å². The molecule has 0 aliphatic carbocycles. The van der Waals surface area contributed by atoms with Crippen molar-refractivity contribution in [1.29, 1.82) is 0 Å². The fraction of sp³-hybridized carbons (Fsp3) is 0.588. The number of hydrogen-bond donors (Lipinski definition) is 1. The van der Waals surface area contributed by atoms with Gasteiger partial charge in [0.05, 0.1) is 12.6 Å². The van der Waals surface area contributed by atoms with Crippen LogP contribution in [0.15, 0.2) is 24.3 Å². The lowest BCUT2D eigenvalue weighted by Gasteiger charge is -2.23. The molecule has 1 saturated heterocycles. The van der Waals surface area contributed by atoms with Gasteiger partial charge in [-0.25, -0.2) is 0 Å². The normalized spacial score (nSPS) is 18.9. The monoisotopic (exact) mass is 290 g/mol. The summed E-state index contributed by atoms with van der Waals surface area (Å²) in [4.78, 5) is 14.3. The molecule has 1 amide bonds. The van der Waals surface area contributed by atoms with Crippen LogP contribution in [0.1, 0.15) is 38.2 Å². The average Bonchev–Trinajstić information content (AvgIpc) is 2.78. The Bertz CT molecular complexity index is 437. The number of nitrogens with zero attached hydrogens (tertiary/aromatic N) is 1. The van der Waals surface area contributed by atoms with Crippen LogP contribution in [0.5, 0.6) is 5.75 Å². The van der Waals surface area contributed by atoms with E-state index in [0.29, 0.717) is 13.2 Å². The average molecular weight is 290 g/mol. The lowest BCUT2D eigenvalue weighted by molar-refractivity contribution is -0.132. The summed E-state index contributed by atoms with van der Waals surface area (Å²) < 4.78 is 5.43. The molecule has 21 heavy (non-hydrogen) atoms. The molecule has 0 spiro atoms. The van der Waals surface area contributed by atoms with E-state index in [-0.39, 0.29) is 11.9 Å². The molecular formula is C17H26N2O2. The number of hydrogen-bond acceptors (Lipinski definition) is 3. The maximum absolute atomic E-state index is 12.5. The Hall–Kier alpha value is -1.55. The second-order valence-corrected chi connectivity index (χ2v) is 5.63. The molecule has 1 heterocycles. The van der Waals surface area contributed by atoms with Gasteiger partial charge in [-0.05, 0) is 44.0 Å². The van der Waals surface area contributed by atoms with Gasteiger partial charge in [0.1, 0.15) is 5.75 Å². The summed E-state index contributed by atoms with van der Waals surface area (Å²) in [5.74, 6) is 1.08. The van der Waals surface area contributed by atoms with Crippen molar-refractivity contribution in [2.75, 3.05) is 20.2 Å². The predicted octanol–water partition coefficient (Wildman–Crippen LogP) is 2.58. The molecule has 4 heteroatoms. The highest BCUT2D eigenvalue weighted by atomic mass is 16.5. The fourth-order valence-electron chi connectivity index (χ4n) is 2.71. The minimum atomic E-state index is -0.0137. The summed E-state index contributed by atoms with van der Waals surface area (Å²) in [6, 6.07) is 7.95. The maximum atomic E-state index is 12.5. The van der Waals surface area contributed by atoms with E-state index in [1.54, 1.807) is 0 Å². The quantitative estimate of drug-likeness (QED) is 0.906. The van der Waals surface area contributed by atoms with Crippen molar-refractivity contribution in [3.63, 3.8) is 0 Å². The SMILES string of the molecule is CCOc1ccc(CN(C)C(=O)C2CCCCCN2)cc1. The molecule has 0 saturated carbocycles. The Morgan fingerprint density at radius 3 is 2.76 bits per heavy atom. The van der Waals surface area contributed by atoms with E-state index >= 15 is 0 Å². The third kappa shape index (κ3) is 4.74. The summed E-state index contributed by atoms with van der Waals surface area (Å²) in [5, 5.41) is 3.36. The van der Waals surface area contributed by atoms with Crippen molar-refractivity contribution in [2.45, 2.75) is 45.2 Å². The molecule has 0 bridgehead atoms. The molecule has 1 aromatic carbocycles. The van der Waals surface area contributed by atoms with Crippen LogP contribution in [0.3, 0.4) is 0 Å². The Kier molecular flexibility index (Phi) is 6.05. The van der Waals surface area contributed by atoms with Crippen molar-refractivity contribution in [2.24, 2.45) is 0 Å². The van der Waals surface area contributed by atoms with Crippen molar-refractivity contribution >= 4 is 5.91 Å². The third-order valence-electron chi connectivity index (χ3n) is 3.89. The number of ether oxygens (including phenoxy) is 1. The zero-order valence-corrected chi connectivity index (χ0v) is 13.1. The van der Waals surface area contributed by atoms with Crippen LogP contribution in [-0.4, -0.2) is 37.0 Å². The molecule has 1 atom stereocenters. The van der Waals surface area contributed by atoms with Gasteiger partial charge in [-0.15, -0.1) is 0 Å². The molecule has 116 valence electrons. The smallest absolute Gasteiger partial charge is 0.239 e. The van der Waals surface area contributed by atoms with Gasteiger partial charge in [0.25, 0.3) is 0 Å².